The number of benzene rings is 1. The third-order valence-corrected chi connectivity index (χ3v) is 5.49. The minimum absolute atomic E-state index is 0.0396. The van der Waals surface area contributed by atoms with Crippen LogP contribution < -0.4 is 10.0 Å². The molecule has 0 spiro atoms. The van der Waals surface area contributed by atoms with E-state index in [9.17, 15) is 13.5 Å². The lowest BCUT2D eigenvalue weighted by Gasteiger charge is -2.19. The number of hydrogen-bond donors (Lipinski definition) is 3. The summed E-state index contributed by atoms with van der Waals surface area (Å²) in [6, 6.07) is 9.74. The first-order chi connectivity index (χ1) is 15.1. The molecule has 32 heavy (non-hydrogen) atoms. The summed E-state index contributed by atoms with van der Waals surface area (Å²) in [5, 5.41) is 13.8. The van der Waals surface area contributed by atoms with Crippen LogP contribution in [0.15, 0.2) is 36.5 Å². The molecule has 1 aromatic carbocycles. The van der Waals surface area contributed by atoms with Crippen LogP contribution in [0.1, 0.15) is 44.5 Å². The number of aromatic nitrogens is 4. The molecule has 3 N–H and O–H groups in total. The molecule has 0 aliphatic heterocycles. The van der Waals surface area contributed by atoms with Crippen LogP contribution in [0, 0.1) is 5.92 Å². The van der Waals surface area contributed by atoms with Gasteiger partial charge in [0.15, 0.2) is 0 Å². The first-order valence-electron chi connectivity index (χ1n) is 10.6. The van der Waals surface area contributed by atoms with Gasteiger partial charge in [0.05, 0.1) is 24.4 Å². The Kier molecular flexibility index (Phi) is 7.57. The molecule has 2 heterocycles. The van der Waals surface area contributed by atoms with Crippen LogP contribution >= 0.6 is 0 Å². The summed E-state index contributed by atoms with van der Waals surface area (Å²) in [4.78, 5) is 17.5. The van der Waals surface area contributed by atoms with Gasteiger partial charge in [0, 0.05) is 18.0 Å². The van der Waals surface area contributed by atoms with Crippen molar-refractivity contribution < 1.29 is 13.5 Å². The summed E-state index contributed by atoms with van der Waals surface area (Å²) in [5.74, 6) is 1.01. The van der Waals surface area contributed by atoms with Crippen LogP contribution in [-0.4, -0.2) is 52.4 Å². The van der Waals surface area contributed by atoms with E-state index in [2.05, 4.69) is 49.9 Å². The van der Waals surface area contributed by atoms with Gasteiger partial charge in [-0.2, -0.15) is 15.0 Å². The van der Waals surface area contributed by atoms with E-state index in [1.165, 1.54) is 0 Å². The van der Waals surface area contributed by atoms with Gasteiger partial charge in [-0.1, -0.05) is 39.0 Å². The Bertz CT molecular complexity index is 1170. The largest absolute Gasteiger partial charge is 0.394 e. The second-order valence-electron chi connectivity index (χ2n) is 8.49. The van der Waals surface area contributed by atoms with E-state index in [1.807, 2.05) is 37.4 Å². The molecule has 3 rings (SSSR count). The third kappa shape index (κ3) is 6.83. The SMILES string of the molecule is CC(C)CC(CO)Nc1nc(CC(C)c2cnc3ccccc3c2)nc(NS(C)(=O)=O)n1. The van der Waals surface area contributed by atoms with Gasteiger partial charge in [-0.15, -0.1) is 0 Å². The maximum Gasteiger partial charge on any atom is 0.241 e. The van der Waals surface area contributed by atoms with Crippen molar-refractivity contribution in [3.8, 4) is 0 Å². The number of aliphatic hydroxyl groups excluding tert-OH is 1. The number of aliphatic hydroxyl groups is 1. The molecule has 172 valence electrons. The van der Waals surface area contributed by atoms with Gasteiger partial charge in [-0.05, 0) is 36.0 Å². The highest BCUT2D eigenvalue weighted by Crippen LogP contribution is 2.23. The Morgan fingerprint density at radius 3 is 2.47 bits per heavy atom. The topological polar surface area (TPSA) is 130 Å². The summed E-state index contributed by atoms with van der Waals surface area (Å²) in [6.07, 6.45) is 4.06. The molecule has 0 fully saturated rings. The van der Waals surface area contributed by atoms with E-state index in [0.29, 0.717) is 24.6 Å². The maximum absolute atomic E-state index is 11.7. The van der Waals surface area contributed by atoms with Crippen LogP contribution in [0.4, 0.5) is 11.9 Å². The standard InChI is InChI=1S/C22H30N6O3S/c1-14(2)9-18(13-29)24-21-25-20(26-22(27-21)28-32(4,30)31)10-15(3)17-11-16-7-5-6-8-19(16)23-12-17/h5-8,11-12,14-15,18,29H,9-10,13H2,1-4H3,(H2,24,25,26,27,28). The first kappa shape index (κ1) is 23.8. The number of rotatable bonds is 10. The fourth-order valence-electron chi connectivity index (χ4n) is 3.47. The normalized spacial score (nSPS) is 13.8. The van der Waals surface area contributed by atoms with Crippen LogP contribution in [0.25, 0.3) is 10.9 Å². The predicted molar refractivity (Wildman–Crippen MR) is 126 cm³/mol. The second kappa shape index (κ2) is 10.2. The molecular formula is C22H30N6O3S. The smallest absolute Gasteiger partial charge is 0.241 e. The molecule has 0 saturated heterocycles. The number of anilines is 2. The van der Waals surface area contributed by atoms with Crippen molar-refractivity contribution in [2.24, 2.45) is 5.92 Å². The van der Waals surface area contributed by atoms with Gasteiger partial charge in [-0.3, -0.25) is 9.71 Å². The number of para-hydroxylation sites is 1. The molecule has 0 aliphatic rings. The molecule has 9 nitrogen and oxygen atoms in total. The molecular weight excluding hydrogens is 428 g/mol. The van der Waals surface area contributed by atoms with E-state index in [1.54, 1.807) is 0 Å². The van der Waals surface area contributed by atoms with Gasteiger partial charge in [0.2, 0.25) is 21.9 Å². The zero-order valence-corrected chi connectivity index (χ0v) is 19.6. The fraction of sp³-hybridized carbons (Fsp3) is 0.455. The van der Waals surface area contributed by atoms with Crippen LogP contribution in [0.3, 0.4) is 0 Å². The fourth-order valence-corrected chi connectivity index (χ4v) is 3.89. The van der Waals surface area contributed by atoms with Crippen molar-refractivity contribution in [2.75, 3.05) is 22.9 Å². The number of fused-ring (bicyclic) bond motifs is 1. The quantitative estimate of drug-likeness (QED) is 0.423. The average molecular weight is 459 g/mol. The highest BCUT2D eigenvalue weighted by atomic mass is 32.2. The number of nitrogens with one attached hydrogen (secondary N) is 2. The molecule has 0 saturated carbocycles. The van der Waals surface area contributed by atoms with Crippen molar-refractivity contribution in [1.82, 2.24) is 19.9 Å². The molecule has 10 heteroatoms. The summed E-state index contributed by atoms with van der Waals surface area (Å²) in [6.45, 7) is 6.06. The van der Waals surface area contributed by atoms with E-state index in [4.69, 9.17) is 0 Å². The Hall–Kier alpha value is -2.85. The van der Waals surface area contributed by atoms with Crippen molar-refractivity contribution in [2.45, 2.75) is 45.6 Å². The van der Waals surface area contributed by atoms with E-state index < -0.39 is 10.0 Å². The molecule has 2 aromatic heterocycles. The molecule has 0 bridgehead atoms. The molecule has 0 radical (unpaired) electrons. The third-order valence-electron chi connectivity index (χ3n) is 4.94. The Morgan fingerprint density at radius 2 is 1.78 bits per heavy atom. The average Bonchev–Trinajstić information content (AvgIpc) is 2.71. The van der Waals surface area contributed by atoms with Crippen molar-refractivity contribution >= 4 is 32.8 Å². The van der Waals surface area contributed by atoms with Crippen LogP contribution in [-0.2, 0) is 16.4 Å². The Morgan fingerprint density at radius 1 is 1.06 bits per heavy atom. The summed E-state index contributed by atoms with van der Waals surface area (Å²) in [5.41, 5.74) is 1.96. The maximum atomic E-state index is 11.7. The minimum atomic E-state index is -3.56. The lowest BCUT2D eigenvalue weighted by atomic mass is 9.98. The number of nitrogens with zero attached hydrogens (tertiary/aromatic N) is 4. The van der Waals surface area contributed by atoms with Gasteiger partial charge in [-0.25, -0.2) is 8.42 Å². The van der Waals surface area contributed by atoms with Gasteiger partial charge in [0.25, 0.3) is 0 Å². The number of hydrogen-bond acceptors (Lipinski definition) is 8. The minimum Gasteiger partial charge on any atom is -0.394 e. The zero-order valence-electron chi connectivity index (χ0n) is 18.8. The summed E-state index contributed by atoms with van der Waals surface area (Å²) >= 11 is 0. The zero-order chi connectivity index (χ0) is 23.3. The number of pyridine rings is 1. The molecule has 0 amide bonds. The molecule has 2 atom stereocenters. The molecule has 0 aliphatic carbocycles. The molecule has 2 unspecified atom stereocenters. The lowest BCUT2D eigenvalue weighted by molar-refractivity contribution is 0.259. The monoisotopic (exact) mass is 458 g/mol. The van der Waals surface area contributed by atoms with E-state index in [-0.39, 0.29) is 30.5 Å². The lowest BCUT2D eigenvalue weighted by Crippen LogP contribution is -2.27. The highest BCUT2D eigenvalue weighted by Gasteiger charge is 2.17. The summed E-state index contributed by atoms with van der Waals surface area (Å²) < 4.78 is 25.8. The Labute approximate surface area is 188 Å². The molecule has 3 aromatic rings. The van der Waals surface area contributed by atoms with Gasteiger partial charge < -0.3 is 10.4 Å². The summed E-state index contributed by atoms with van der Waals surface area (Å²) in [7, 11) is -3.56. The van der Waals surface area contributed by atoms with E-state index in [0.717, 1.165) is 22.7 Å². The van der Waals surface area contributed by atoms with Gasteiger partial charge in [0.1, 0.15) is 5.82 Å². The Balaban J connectivity index is 1.87. The number of sulfonamides is 1. The van der Waals surface area contributed by atoms with Crippen LogP contribution in [0.2, 0.25) is 0 Å². The predicted octanol–water partition coefficient (Wildman–Crippen LogP) is 2.96. The van der Waals surface area contributed by atoms with E-state index >= 15 is 0 Å². The highest BCUT2D eigenvalue weighted by molar-refractivity contribution is 7.91. The van der Waals surface area contributed by atoms with Crippen molar-refractivity contribution in [3.63, 3.8) is 0 Å². The van der Waals surface area contributed by atoms with Gasteiger partial charge >= 0.3 is 0 Å². The van der Waals surface area contributed by atoms with Crippen LogP contribution in [0.5, 0.6) is 0 Å². The van der Waals surface area contributed by atoms with Crippen molar-refractivity contribution in [3.05, 3.63) is 47.9 Å². The first-order valence-corrected chi connectivity index (χ1v) is 12.5. The second-order valence-corrected chi connectivity index (χ2v) is 10.2. The van der Waals surface area contributed by atoms with Crippen molar-refractivity contribution in [1.29, 1.82) is 0 Å².